The molecule has 5 nitrogen and oxygen atoms in total. The van der Waals surface area contributed by atoms with Gasteiger partial charge in [-0.1, -0.05) is 17.7 Å². The number of aromatic nitrogens is 3. The molecule has 1 aliphatic heterocycles. The van der Waals surface area contributed by atoms with Crippen LogP contribution in [-0.2, 0) is 0 Å². The largest absolute Gasteiger partial charge is 0.347 e. The van der Waals surface area contributed by atoms with Crippen LogP contribution < -0.4 is 0 Å². The second kappa shape index (κ2) is 7.96. The minimum atomic E-state index is 0.340. The van der Waals surface area contributed by atoms with Crippen molar-refractivity contribution < 1.29 is 0 Å². The zero-order chi connectivity index (χ0) is 17.9. The van der Waals surface area contributed by atoms with Gasteiger partial charge >= 0.3 is 0 Å². The van der Waals surface area contributed by atoms with E-state index in [0.29, 0.717) is 6.04 Å². The van der Waals surface area contributed by atoms with Gasteiger partial charge in [-0.3, -0.25) is 14.8 Å². The van der Waals surface area contributed by atoms with Gasteiger partial charge in [0.1, 0.15) is 5.82 Å². The van der Waals surface area contributed by atoms with Crippen LogP contribution in [-0.4, -0.2) is 63.7 Å². The van der Waals surface area contributed by atoms with E-state index in [4.69, 9.17) is 11.6 Å². The first-order valence-electron chi connectivity index (χ1n) is 8.79. The van der Waals surface area contributed by atoms with E-state index in [9.17, 15) is 0 Å². The predicted octanol–water partition coefficient (Wildman–Crippen LogP) is 3.69. The molecule has 0 bridgehead atoms. The van der Waals surface area contributed by atoms with Crippen molar-refractivity contribution in [3.63, 3.8) is 0 Å². The third kappa shape index (κ3) is 3.88. The zero-order valence-electron chi connectivity index (χ0n) is 14.7. The molecule has 1 saturated heterocycles. The maximum Gasteiger partial charge on any atom is 0.124 e. The van der Waals surface area contributed by atoms with Gasteiger partial charge in [0.05, 0.1) is 11.6 Å². The third-order valence-electron chi connectivity index (χ3n) is 4.90. The quantitative estimate of drug-likeness (QED) is 0.676. The highest BCUT2D eigenvalue weighted by Crippen LogP contribution is 2.29. The van der Waals surface area contributed by atoms with E-state index in [1.165, 1.54) is 10.3 Å². The van der Waals surface area contributed by atoms with Gasteiger partial charge < -0.3 is 4.98 Å². The van der Waals surface area contributed by atoms with Crippen molar-refractivity contribution in [2.75, 3.05) is 39.0 Å². The van der Waals surface area contributed by atoms with E-state index in [-0.39, 0.29) is 0 Å². The Morgan fingerprint density at radius 2 is 2.15 bits per heavy atom. The molecule has 7 heteroatoms. The first-order chi connectivity index (χ1) is 12.7. The van der Waals surface area contributed by atoms with Crippen LogP contribution in [0.1, 0.15) is 11.9 Å². The van der Waals surface area contributed by atoms with Crippen molar-refractivity contribution in [1.29, 1.82) is 0 Å². The maximum absolute atomic E-state index is 6.08. The Morgan fingerprint density at radius 1 is 1.23 bits per heavy atom. The summed E-state index contributed by atoms with van der Waals surface area (Å²) in [6.45, 7) is 4.23. The van der Waals surface area contributed by atoms with Gasteiger partial charge in [-0.25, -0.2) is 4.98 Å². The Labute approximate surface area is 162 Å². The monoisotopic (exact) mass is 387 g/mol. The Bertz CT molecular complexity index is 870. The average Bonchev–Trinajstić information content (AvgIpc) is 3.17. The molecule has 1 unspecified atom stereocenters. The molecule has 26 heavy (non-hydrogen) atoms. The fourth-order valence-electron chi connectivity index (χ4n) is 3.39. The Balaban J connectivity index is 1.38. The summed E-state index contributed by atoms with van der Waals surface area (Å²) in [7, 11) is 2.17. The van der Waals surface area contributed by atoms with Crippen molar-refractivity contribution in [2.45, 2.75) is 10.9 Å². The van der Waals surface area contributed by atoms with Crippen molar-refractivity contribution in [2.24, 2.45) is 0 Å². The second-order valence-corrected chi connectivity index (χ2v) is 8.16. The number of halogens is 1. The maximum atomic E-state index is 6.08. The molecule has 0 aliphatic carbocycles. The third-order valence-corrected chi connectivity index (χ3v) is 6.19. The minimum Gasteiger partial charge on any atom is -0.347 e. The number of benzene rings is 1. The molecule has 0 saturated carbocycles. The number of aromatic amines is 1. The lowest BCUT2D eigenvalue weighted by Gasteiger charge is -2.38. The first kappa shape index (κ1) is 17.8. The summed E-state index contributed by atoms with van der Waals surface area (Å²) < 4.78 is 0. The molecule has 1 N–H and O–H groups in total. The SMILES string of the molecule is CN1CCN(CCSc2ccnc3cc(Cl)ccc23)CC1c1ncc[nH]1. The summed E-state index contributed by atoms with van der Waals surface area (Å²) >= 11 is 7.97. The van der Waals surface area contributed by atoms with E-state index in [1.54, 1.807) is 0 Å². The summed E-state index contributed by atoms with van der Waals surface area (Å²) in [5, 5.41) is 1.90. The van der Waals surface area contributed by atoms with E-state index in [1.807, 2.05) is 42.5 Å². The number of H-pyrrole nitrogens is 1. The Morgan fingerprint density at radius 3 is 3.00 bits per heavy atom. The fourth-order valence-corrected chi connectivity index (χ4v) is 4.61. The zero-order valence-corrected chi connectivity index (χ0v) is 16.3. The summed E-state index contributed by atoms with van der Waals surface area (Å²) in [6.07, 6.45) is 5.60. The van der Waals surface area contributed by atoms with Crippen LogP contribution in [0.2, 0.25) is 5.02 Å². The number of thioether (sulfide) groups is 1. The van der Waals surface area contributed by atoms with Gasteiger partial charge in [0, 0.05) is 65.8 Å². The van der Waals surface area contributed by atoms with Crippen LogP contribution in [0.5, 0.6) is 0 Å². The normalized spacial score (nSPS) is 19.2. The summed E-state index contributed by atoms with van der Waals surface area (Å²) in [4.78, 5) is 18.3. The molecule has 0 radical (unpaired) electrons. The van der Waals surface area contributed by atoms with Crippen LogP contribution in [0.4, 0.5) is 0 Å². The number of nitrogens with zero attached hydrogens (tertiary/aromatic N) is 4. The number of hydrogen-bond acceptors (Lipinski definition) is 5. The smallest absolute Gasteiger partial charge is 0.124 e. The van der Waals surface area contributed by atoms with Crippen molar-refractivity contribution in [1.82, 2.24) is 24.8 Å². The van der Waals surface area contributed by atoms with Crippen molar-refractivity contribution in [3.8, 4) is 0 Å². The second-order valence-electron chi connectivity index (χ2n) is 6.59. The minimum absolute atomic E-state index is 0.340. The van der Waals surface area contributed by atoms with E-state index in [2.05, 4.69) is 43.9 Å². The number of hydrogen-bond donors (Lipinski definition) is 1. The standard InChI is InChI=1S/C19H22ClN5S/c1-24-8-9-25(13-17(24)19-22-6-7-23-19)10-11-26-18-4-5-21-16-12-14(20)2-3-15(16)18/h2-7,12,17H,8-11,13H2,1H3,(H,22,23). The molecular formula is C19H22ClN5S. The summed E-state index contributed by atoms with van der Waals surface area (Å²) in [5.74, 6) is 2.11. The number of rotatable bonds is 5. The van der Waals surface area contributed by atoms with Gasteiger partial charge in [0.15, 0.2) is 0 Å². The molecule has 2 aromatic heterocycles. The van der Waals surface area contributed by atoms with E-state index >= 15 is 0 Å². The van der Waals surface area contributed by atoms with Crippen molar-refractivity contribution in [3.05, 3.63) is 53.7 Å². The van der Waals surface area contributed by atoms with Gasteiger partial charge in [-0.05, 0) is 25.2 Å². The van der Waals surface area contributed by atoms with Gasteiger partial charge in [0.25, 0.3) is 0 Å². The molecule has 3 aromatic rings. The lowest BCUT2D eigenvalue weighted by atomic mass is 10.1. The lowest BCUT2D eigenvalue weighted by Crippen LogP contribution is -2.47. The van der Waals surface area contributed by atoms with E-state index < -0.39 is 0 Å². The van der Waals surface area contributed by atoms with Crippen molar-refractivity contribution >= 4 is 34.3 Å². The molecule has 1 aromatic carbocycles. The summed E-state index contributed by atoms with van der Waals surface area (Å²) in [6, 6.07) is 8.36. The van der Waals surface area contributed by atoms with E-state index in [0.717, 1.165) is 48.3 Å². The molecule has 3 heterocycles. The molecule has 1 atom stereocenters. The van der Waals surface area contributed by atoms with Crippen LogP contribution in [0.3, 0.4) is 0 Å². The molecule has 4 rings (SSSR count). The topological polar surface area (TPSA) is 48.1 Å². The van der Waals surface area contributed by atoms with Gasteiger partial charge in [-0.2, -0.15) is 0 Å². The fraction of sp³-hybridized carbons (Fsp3) is 0.368. The molecule has 0 spiro atoms. The highest BCUT2D eigenvalue weighted by Gasteiger charge is 2.26. The Kier molecular flexibility index (Phi) is 5.45. The molecule has 1 fully saturated rings. The predicted molar refractivity (Wildman–Crippen MR) is 108 cm³/mol. The number of pyridine rings is 1. The molecule has 0 amide bonds. The molecule has 1 aliphatic rings. The number of likely N-dealkylation sites (N-methyl/N-ethyl adjacent to an activating group) is 1. The summed E-state index contributed by atoms with van der Waals surface area (Å²) in [5.41, 5.74) is 0.958. The number of fused-ring (bicyclic) bond motifs is 1. The van der Waals surface area contributed by atoms with Gasteiger partial charge in [0.2, 0.25) is 0 Å². The number of nitrogens with one attached hydrogen (secondary N) is 1. The highest BCUT2D eigenvalue weighted by molar-refractivity contribution is 7.99. The Hall–Kier alpha value is -1.60. The first-order valence-corrected chi connectivity index (χ1v) is 10.2. The molecule has 136 valence electrons. The van der Waals surface area contributed by atoms with Crippen LogP contribution >= 0.6 is 23.4 Å². The van der Waals surface area contributed by atoms with Crippen LogP contribution in [0.15, 0.2) is 47.8 Å². The van der Waals surface area contributed by atoms with Crippen LogP contribution in [0.25, 0.3) is 10.9 Å². The average molecular weight is 388 g/mol. The van der Waals surface area contributed by atoms with Crippen LogP contribution in [0, 0.1) is 0 Å². The lowest BCUT2D eigenvalue weighted by molar-refractivity contribution is 0.0961. The highest BCUT2D eigenvalue weighted by atomic mass is 35.5. The molecular weight excluding hydrogens is 366 g/mol. The number of imidazole rings is 1. The number of piperazine rings is 1. The van der Waals surface area contributed by atoms with Gasteiger partial charge in [-0.15, -0.1) is 11.8 Å².